The summed E-state index contributed by atoms with van der Waals surface area (Å²) in [6.07, 6.45) is 0. The molecular weight excluding hydrogens is 363 g/mol. The van der Waals surface area contributed by atoms with Gasteiger partial charge in [0.2, 0.25) is 0 Å². The monoisotopic (exact) mass is 372 g/mol. The smallest absolute Gasteiger partial charge is 0.165 e. The summed E-state index contributed by atoms with van der Waals surface area (Å²) in [4.78, 5) is 0.191. The Morgan fingerprint density at radius 1 is 1.17 bits per heavy atom. The van der Waals surface area contributed by atoms with E-state index in [0.29, 0.717) is 5.75 Å². The van der Waals surface area contributed by atoms with Crippen molar-refractivity contribution in [1.29, 1.82) is 0 Å². The van der Waals surface area contributed by atoms with Gasteiger partial charge in [0.05, 0.1) is 0 Å². The van der Waals surface area contributed by atoms with Crippen molar-refractivity contribution in [3.63, 3.8) is 0 Å². The van der Waals surface area contributed by atoms with E-state index in [1.807, 2.05) is 19.1 Å². The lowest BCUT2D eigenvalue weighted by atomic mass is 10.1. The normalized spacial score (nSPS) is 12.2. The van der Waals surface area contributed by atoms with Gasteiger partial charge >= 0.3 is 0 Å². The second-order valence-electron chi connectivity index (χ2n) is 3.83. The third-order valence-corrected chi connectivity index (χ3v) is 3.68. The van der Waals surface area contributed by atoms with Crippen LogP contribution in [0.2, 0.25) is 0 Å². The Morgan fingerprint density at radius 3 is 2.56 bits per heavy atom. The van der Waals surface area contributed by atoms with Gasteiger partial charge in [-0.2, -0.15) is 0 Å². The van der Waals surface area contributed by atoms with Crippen molar-refractivity contribution in [2.45, 2.75) is 11.8 Å². The average Bonchev–Trinajstić information content (AvgIpc) is 2.34. The lowest BCUT2D eigenvalue weighted by Crippen LogP contribution is -1.91. The minimum absolute atomic E-state index is 0.191. The third kappa shape index (κ3) is 3.12. The lowest BCUT2D eigenvalue weighted by molar-refractivity contribution is 0.442. The molecule has 94 valence electrons. The van der Waals surface area contributed by atoms with Gasteiger partial charge in [-0.3, -0.25) is 0 Å². The van der Waals surface area contributed by atoms with Crippen LogP contribution in [0.15, 0.2) is 46.9 Å². The number of para-hydroxylation sites is 1. The molecule has 2 aromatic carbocycles. The second-order valence-corrected chi connectivity index (χ2v) is 6.06. The van der Waals surface area contributed by atoms with Crippen LogP contribution in [-0.2, 0) is 0 Å². The summed E-state index contributed by atoms with van der Waals surface area (Å²) in [5.74, 6) is 0.478. The summed E-state index contributed by atoms with van der Waals surface area (Å²) in [6, 6.07) is 11.9. The zero-order valence-electron chi connectivity index (χ0n) is 9.66. The fourth-order valence-corrected chi connectivity index (χ4v) is 2.82. The van der Waals surface area contributed by atoms with E-state index in [1.54, 1.807) is 24.3 Å². The topological polar surface area (TPSA) is 9.23 Å². The molecule has 1 nitrogen and oxygen atoms in total. The van der Waals surface area contributed by atoms with E-state index in [9.17, 15) is 4.39 Å². The molecule has 2 rings (SSSR count). The number of benzene rings is 2. The molecule has 0 heterocycles. The maximum Gasteiger partial charge on any atom is 0.165 e. The van der Waals surface area contributed by atoms with E-state index in [4.69, 9.17) is 4.74 Å². The van der Waals surface area contributed by atoms with E-state index < -0.39 is 0 Å². The van der Waals surface area contributed by atoms with E-state index in [1.165, 1.54) is 6.07 Å². The molecule has 1 unspecified atom stereocenters. The lowest BCUT2D eigenvalue weighted by Gasteiger charge is -2.11. The maximum absolute atomic E-state index is 13.5. The van der Waals surface area contributed by atoms with E-state index >= 15 is 0 Å². The van der Waals surface area contributed by atoms with Crippen molar-refractivity contribution in [1.82, 2.24) is 0 Å². The fraction of sp³-hybridized carbons (Fsp3) is 0.143. The van der Waals surface area contributed by atoms with E-state index in [2.05, 4.69) is 31.9 Å². The molecule has 2 aromatic rings. The predicted octanol–water partition coefficient (Wildman–Crippen LogP) is 5.84. The molecule has 4 heteroatoms. The third-order valence-electron chi connectivity index (χ3n) is 2.46. The molecule has 0 saturated heterocycles. The van der Waals surface area contributed by atoms with Gasteiger partial charge in [0, 0.05) is 9.30 Å². The SMILES string of the molecule is CC(Br)c1cc(Oc2ccccc2F)ccc1Br. The van der Waals surface area contributed by atoms with Crippen LogP contribution in [0.5, 0.6) is 11.5 Å². The van der Waals surface area contributed by atoms with Crippen LogP contribution in [0.1, 0.15) is 17.3 Å². The number of halogens is 3. The summed E-state index contributed by atoms with van der Waals surface area (Å²) >= 11 is 6.98. The Kier molecular flexibility index (Phi) is 4.40. The molecule has 0 saturated carbocycles. The maximum atomic E-state index is 13.5. The first-order valence-electron chi connectivity index (χ1n) is 5.44. The predicted molar refractivity (Wildman–Crippen MR) is 78.0 cm³/mol. The van der Waals surface area contributed by atoms with Crippen molar-refractivity contribution in [3.8, 4) is 11.5 Å². The summed E-state index contributed by atoms with van der Waals surface area (Å²) in [6.45, 7) is 2.02. The van der Waals surface area contributed by atoms with Gasteiger partial charge in [-0.1, -0.05) is 44.0 Å². The summed E-state index contributed by atoms with van der Waals surface area (Å²) < 4.78 is 20.0. The standard InChI is InChI=1S/C14H11Br2FO/c1-9(15)11-8-10(6-7-12(11)16)18-14-5-3-2-4-13(14)17/h2-9H,1H3. The highest BCUT2D eigenvalue weighted by atomic mass is 79.9. The zero-order chi connectivity index (χ0) is 13.1. The highest BCUT2D eigenvalue weighted by Gasteiger charge is 2.09. The number of alkyl halides is 1. The molecule has 0 amide bonds. The van der Waals surface area contributed by atoms with Gasteiger partial charge in [-0.25, -0.2) is 4.39 Å². The van der Waals surface area contributed by atoms with Gasteiger partial charge in [-0.15, -0.1) is 0 Å². The number of ether oxygens (including phenoxy) is 1. The number of hydrogen-bond donors (Lipinski definition) is 0. The molecule has 0 N–H and O–H groups in total. The van der Waals surface area contributed by atoms with Crippen LogP contribution in [0.3, 0.4) is 0 Å². The van der Waals surface area contributed by atoms with Crippen LogP contribution in [-0.4, -0.2) is 0 Å². The van der Waals surface area contributed by atoms with Gasteiger partial charge in [-0.05, 0) is 42.8 Å². The molecule has 0 spiro atoms. The number of hydrogen-bond acceptors (Lipinski definition) is 1. The fourth-order valence-electron chi connectivity index (χ4n) is 1.54. The molecule has 0 bridgehead atoms. The van der Waals surface area contributed by atoms with Gasteiger partial charge in [0.1, 0.15) is 5.75 Å². The summed E-state index contributed by atoms with van der Waals surface area (Å²) in [5.41, 5.74) is 1.06. The van der Waals surface area contributed by atoms with Crippen LogP contribution >= 0.6 is 31.9 Å². The van der Waals surface area contributed by atoms with Crippen molar-refractivity contribution in [2.75, 3.05) is 0 Å². The molecule has 0 fully saturated rings. The highest BCUT2D eigenvalue weighted by molar-refractivity contribution is 9.11. The molecule has 18 heavy (non-hydrogen) atoms. The van der Waals surface area contributed by atoms with Crippen molar-refractivity contribution in [2.24, 2.45) is 0 Å². The van der Waals surface area contributed by atoms with Crippen molar-refractivity contribution in [3.05, 3.63) is 58.3 Å². The minimum Gasteiger partial charge on any atom is -0.454 e. The Bertz CT molecular complexity index is 555. The van der Waals surface area contributed by atoms with Crippen LogP contribution in [0.4, 0.5) is 4.39 Å². The molecule has 0 radical (unpaired) electrons. The van der Waals surface area contributed by atoms with Gasteiger partial charge < -0.3 is 4.74 Å². The van der Waals surface area contributed by atoms with Gasteiger partial charge in [0.25, 0.3) is 0 Å². The zero-order valence-corrected chi connectivity index (χ0v) is 12.8. The Morgan fingerprint density at radius 2 is 1.89 bits per heavy atom. The Hall–Kier alpha value is -0.870. The Labute approximate surface area is 122 Å². The van der Waals surface area contributed by atoms with Crippen LogP contribution < -0.4 is 4.74 Å². The first-order valence-corrected chi connectivity index (χ1v) is 7.14. The van der Waals surface area contributed by atoms with Crippen LogP contribution in [0.25, 0.3) is 0 Å². The summed E-state index contributed by atoms with van der Waals surface area (Å²) in [7, 11) is 0. The molecular formula is C14H11Br2FO. The van der Waals surface area contributed by atoms with Crippen molar-refractivity contribution < 1.29 is 9.13 Å². The molecule has 1 atom stereocenters. The van der Waals surface area contributed by atoms with E-state index in [0.717, 1.165) is 10.0 Å². The summed E-state index contributed by atoms with van der Waals surface area (Å²) in [5, 5.41) is 0. The molecule has 0 aliphatic heterocycles. The second kappa shape index (κ2) is 5.85. The number of rotatable bonds is 3. The first-order chi connectivity index (χ1) is 8.58. The average molecular weight is 374 g/mol. The van der Waals surface area contributed by atoms with Gasteiger partial charge in [0.15, 0.2) is 11.6 Å². The Balaban J connectivity index is 2.30. The van der Waals surface area contributed by atoms with E-state index in [-0.39, 0.29) is 16.4 Å². The van der Waals surface area contributed by atoms with Crippen LogP contribution in [0, 0.1) is 5.82 Å². The molecule has 0 aliphatic rings. The first kappa shape index (κ1) is 13.6. The quantitative estimate of drug-likeness (QED) is 0.614. The largest absolute Gasteiger partial charge is 0.454 e. The highest BCUT2D eigenvalue weighted by Crippen LogP contribution is 2.34. The minimum atomic E-state index is -0.367. The molecule has 0 aliphatic carbocycles. The van der Waals surface area contributed by atoms with Crippen molar-refractivity contribution >= 4 is 31.9 Å². The molecule has 0 aromatic heterocycles.